The summed E-state index contributed by atoms with van der Waals surface area (Å²) in [7, 11) is 3.41. The maximum absolute atomic E-state index is 12.3. The zero-order valence-electron chi connectivity index (χ0n) is 12.4. The first-order chi connectivity index (χ1) is 9.56. The number of thioether (sulfide) groups is 1. The van der Waals surface area contributed by atoms with Crippen LogP contribution in [0.5, 0.6) is 5.75 Å². The number of aromatic hydroxyl groups is 1. The molecule has 0 atom stereocenters. The smallest absolute Gasteiger partial charge is 0.275 e. The van der Waals surface area contributed by atoms with Gasteiger partial charge in [-0.2, -0.15) is 16.9 Å². The number of rotatable bonds is 4. The molecular formula is C14H23N3O2S. The zero-order valence-corrected chi connectivity index (χ0v) is 13.2. The summed E-state index contributed by atoms with van der Waals surface area (Å²) in [6.45, 7) is 0. The van der Waals surface area contributed by atoms with Crippen LogP contribution in [-0.2, 0) is 5.75 Å². The molecule has 0 saturated heterocycles. The van der Waals surface area contributed by atoms with E-state index in [-0.39, 0.29) is 17.7 Å². The summed E-state index contributed by atoms with van der Waals surface area (Å²) in [4.78, 5) is 13.8. The average Bonchev–Trinajstić information content (AvgIpc) is 2.77. The fraction of sp³-hybridized carbons (Fsp3) is 0.714. The minimum atomic E-state index is -0.173. The van der Waals surface area contributed by atoms with Crippen LogP contribution in [0.1, 0.15) is 54.3 Å². The summed E-state index contributed by atoms with van der Waals surface area (Å²) in [5, 5.41) is 14.9. The molecular weight excluding hydrogens is 274 g/mol. The highest BCUT2D eigenvalue weighted by atomic mass is 32.2. The monoisotopic (exact) mass is 297 g/mol. The fourth-order valence-corrected chi connectivity index (χ4v) is 3.18. The molecule has 0 aromatic carbocycles. The van der Waals surface area contributed by atoms with Gasteiger partial charge in [0, 0.05) is 19.8 Å². The van der Waals surface area contributed by atoms with Crippen LogP contribution >= 0.6 is 11.8 Å². The highest BCUT2D eigenvalue weighted by molar-refractivity contribution is 7.97. The van der Waals surface area contributed by atoms with Gasteiger partial charge in [-0.25, -0.2) is 0 Å². The van der Waals surface area contributed by atoms with Gasteiger partial charge in [-0.15, -0.1) is 0 Å². The molecule has 0 radical (unpaired) electrons. The van der Waals surface area contributed by atoms with E-state index < -0.39 is 0 Å². The minimum absolute atomic E-state index is 0.0589. The molecule has 0 aliphatic heterocycles. The number of amides is 1. The van der Waals surface area contributed by atoms with Crippen LogP contribution in [0.3, 0.4) is 0 Å². The molecule has 1 amide bonds. The Kier molecular flexibility index (Phi) is 4.96. The first-order valence-electron chi connectivity index (χ1n) is 7.07. The Hall–Kier alpha value is -1.17. The summed E-state index contributed by atoms with van der Waals surface area (Å²) >= 11 is 1.60. The molecule has 2 rings (SSSR count). The Bertz CT molecular complexity index is 479. The highest BCUT2D eigenvalue weighted by Crippen LogP contribution is 2.34. The van der Waals surface area contributed by atoms with Crippen LogP contribution in [0.4, 0.5) is 0 Å². The van der Waals surface area contributed by atoms with Crippen LogP contribution in [0.15, 0.2) is 0 Å². The third-order valence-electron chi connectivity index (χ3n) is 3.77. The molecule has 6 heteroatoms. The van der Waals surface area contributed by atoms with Gasteiger partial charge >= 0.3 is 0 Å². The number of aromatic nitrogens is 2. The lowest BCUT2D eigenvalue weighted by atomic mass is 9.95. The molecule has 1 fully saturated rings. The Balaban J connectivity index is 2.41. The van der Waals surface area contributed by atoms with Gasteiger partial charge in [-0.1, -0.05) is 19.3 Å². The third-order valence-corrected chi connectivity index (χ3v) is 4.33. The van der Waals surface area contributed by atoms with Crippen LogP contribution in [0.2, 0.25) is 0 Å². The molecule has 1 saturated carbocycles. The standard InChI is InChI=1S/C14H23N3O2S/c1-16(2)14(19)12-13(18)11(9-20-3)15-17(12)10-7-5-4-6-8-10/h10,18H,4-9H2,1-3H3. The molecule has 5 nitrogen and oxygen atoms in total. The molecule has 1 aliphatic rings. The molecule has 20 heavy (non-hydrogen) atoms. The van der Waals surface area contributed by atoms with Gasteiger partial charge < -0.3 is 10.0 Å². The number of hydrogen-bond donors (Lipinski definition) is 1. The van der Waals surface area contributed by atoms with E-state index in [1.165, 1.54) is 24.2 Å². The Morgan fingerprint density at radius 3 is 2.60 bits per heavy atom. The first kappa shape index (κ1) is 15.2. The van der Waals surface area contributed by atoms with Crippen molar-refractivity contribution >= 4 is 17.7 Å². The largest absolute Gasteiger partial charge is 0.504 e. The Morgan fingerprint density at radius 1 is 1.40 bits per heavy atom. The molecule has 1 aromatic rings. The Labute approximate surface area is 124 Å². The topological polar surface area (TPSA) is 58.4 Å². The quantitative estimate of drug-likeness (QED) is 0.928. The molecule has 1 aliphatic carbocycles. The number of nitrogens with zero attached hydrogens (tertiary/aromatic N) is 3. The van der Waals surface area contributed by atoms with Gasteiger partial charge in [0.1, 0.15) is 5.69 Å². The summed E-state index contributed by atoms with van der Waals surface area (Å²) in [6.07, 6.45) is 7.61. The van der Waals surface area contributed by atoms with E-state index in [1.807, 2.05) is 6.26 Å². The second-order valence-corrected chi connectivity index (χ2v) is 6.38. The molecule has 1 aromatic heterocycles. The average molecular weight is 297 g/mol. The van der Waals surface area contributed by atoms with Crippen LogP contribution in [0.25, 0.3) is 0 Å². The van der Waals surface area contributed by atoms with Gasteiger partial charge in [0.2, 0.25) is 0 Å². The first-order valence-corrected chi connectivity index (χ1v) is 8.46. The van der Waals surface area contributed by atoms with Crippen molar-refractivity contribution in [2.24, 2.45) is 0 Å². The predicted molar refractivity (Wildman–Crippen MR) is 81.3 cm³/mol. The zero-order chi connectivity index (χ0) is 14.7. The summed E-state index contributed by atoms with van der Waals surface area (Å²) in [5.74, 6) is 0.510. The van der Waals surface area contributed by atoms with Crippen molar-refractivity contribution in [1.29, 1.82) is 0 Å². The maximum atomic E-state index is 12.3. The van der Waals surface area contributed by atoms with E-state index in [0.717, 1.165) is 12.8 Å². The van der Waals surface area contributed by atoms with Crippen molar-refractivity contribution < 1.29 is 9.90 Å². The lowest BCUT2D eigenvalue weighted by molar-refractivity contribution is 0.0807. The SMILES string of the molecule is CSCc1nn(C2CCCCC2)c(C(=O)N(C)C)c1O. The van der Waals surface area contributed by atoms with E-state index in [2.05, 4.69) is 5.10 Å². The van der Waals surface area contributed by atoms with Gasteiger partial charge in [-0.3, -0.25) is 9.48 Å². The van der Waals surface area contributed by atoms with Gasteiger partial charge in [0.25, 0.3) is 5.91 Å². The van der Waals surface area contributed by atoms with E-state index in [1.54, 1.807) is 30.5 Å². The normalized spacial score (nSPS) is 16.4. The molecule has 0 unspecified atom stereocenters. The Morgan fingerprint density at radius 2 is 2.05 bits per heavy atom. The van der Waals surface area contributed by atoms with Crippen molar-refractivity contribution in [2.45, 2.75) is 43.9 Å². The lowest BCUT2D eigenvalue weighted by Crippen LogP contribution is -2.27. The van der Waals surface area contributed by atoms with E-state index in [9.17, 15) is 9.90 Å². The van der Waals surface area contributed by atoms with E-state index in [0.29, 0.717) is 17.1 Å². The molecule has 0 spiro atoms. The highest BCUT2D eigenvalue weighted by Gasteiger charge is 2.28. The predicted octanol–water partition coefficient (Wildman–Crippen LogP) is 2.66. The van der Waals surface area contributed by atoms with Gasteiger partial charge in [0.15, 0.2) is 11.4 Å². The number of carbonyl (C=O) groups is 1. The molecule has 0 bridgehead atoms. The van der Waals surface area contributed by atoms with Crippen LogP contribution in [0, 0.1) is 0 Å². The van der Waals surface area contributed by atoms with Crippen molar-refractivity contribution in [3.63, 3.8) is 0 Å². The van der Waals surface area contributed by atoms with Crippen LogP contribution in [-0.4, -0.2) is 46.0 Å². The lowest BCUT2D eigenvalue weighted by Gasteiger charge is -2.24. The van der Waals surface area contributed by atoms with Crippen LogP contribution < -0.4 is 0 Å². The van der Waals surface area contributed by atoms with E-state index in [4.69, 9.17) is 0 Å². The summed E-state index contributed by atoms with van der Waals surface area (Å²) in [6, 6.07) is 0.240. The number of hydrogen-bond acceptors (Lipinski definition) is 4. The van der Waals surface area contributed by atoms with Crippen molar-refractivity contribution in [2.75, 3.05) is 20.4 Å². The van der Waals surface area contributed by atoms with Crippen molar-refractivity contribution in [3.8, 4) is 5.75 Å². The maximum Gasteiger partial charge on any atom is 0.275 e. The summed E-state index contributed by atoms with van der Waals surface area (Å²) in [5.41, 5.74) is 0.972. The van der Waals surface area contributed by atoms with Gasteiger partial charge in [0.05, 0.1) is 6.04 Å². The van der Waals surface area contributed by atoms with Crippen molar-refractivity contribution in [3.05, 3.63) is 11.4 Å². The summed E-state index contributed by atoms with van der Waals surface area (Å²) < 4.78 is 1.78. The molecule has 1 heterocycles. The second kappa shape index (κ2) is 6.52. The van der Waals surface area contributed by atoms with Gasteiger partial charge in [-0.05, 0) is 19.1 Å². The molecule has 112 valence electrons. The minimum Gasteiger partial charge on any atom is -0.504 e. The molecule has 1 N–H and O–H groups in total. The van der Waals surface area contributed by atoms with Crippen molar-refractivity contribution in [1.82, 2.24) is 14.7 Å². The third kappa shape index (κ3) is 2.95. The van der Waals surface area contributed by atoms with E-state index >= 15 is 0 Å². The number of carbonyl (C=O) groups excluding carboxylic acids is 1. The second-order valence-electron chi connectivity index (χ2n) is 5.51. The fourth-order valence-electron chi connectivity index (χ4n) is 2.71.